The first kappa shape index (κ1) is 15.7. The number of hydrogen-bond acceptors (Lipinski definition) is 2. The van der Waals surface area contributed by atoms with E-state index >= 15 is 0 Å². The van der Waals surface area contributed by atoms with Crippen LogP contribution < -0.4 is 11.3 Å². The Morgan fingerprint density at radius 3 is 2.31 bits per heavy atom. The number of hydrogen-bond donors (Lipinski definition) is 2. The van der Waals surface area contributed by atoms with E-state index in [0.717, 1.165) is 6.42 Å². The van der Waals surface area contributed by atoms with E-state index in [2.05, 4.69) is 18.9 Å². The van der Waals surface area contributed by atoms with Crippen LogP contribution in [0.3, 0.4) is 0 Å². The molecule has 0 aromatic rings. The van der Waals surface area contributed by atoms with Gasteiger partial charge in [0, 0.05) is 6.04 Å². The molecule has 0 aliphatic heterocycles. The molecule has 0 fully saturated rings. The number of unbranched alkanes of at least 4 members (excludes halogenated alkanes) is 6. The molecule has 0 aromatic carbocycles. The molecule has 0 spiro atoms. The van der Waals surface area contributed by atoms with Gasteiger partial charge in [0.05, 0.1) is 0 Å². The second-order valence-corrected chi connectivity index (χ2v) is 4.64. The summed E-state index contributed by atoms with van der Waals surface area (Å²) in [5.74, 6) is 5.54. The second-order valence-electron chi connectivity index (χ2n) is 4.64. The lowest BCUT2D eigenvalue weighted by atomic mass is 10.0. The molecular formula is C14H30N2. The summed E-state index contributed by atoms with van der Waals surface area (Å²) in [4.78, 5) is 0. The van der Waals surface area contributed by atoms with Crippen LogP contribution in [-0.4, -0.2) is 6.04 Å². The first-order valence-electron chi connectivity index (χ1n) is 6.92. The Bertz CT molecular complexity index is 146. The molecule has 0 aliphatic carbocycles. The summed E-state index contributed by atoms with van der Waals surface area (Å²) in [6, 6.07) is 0.506. The first-order valence-corrected chi connectivity index (χ1v) is 6.92. The van der Waals surface area contributed by atoms with Gasteiger partial charge in [-0.2, -0.15) is 0 Å². The van der Waals surface area contributed by atoms with Crippen LogP contribution in [0.4, 0.5) is 0 Å². The van der Waals surface area contributed by atoms with Gasteiger partial charge < -0.3 is 0 Å². The smallest absolute Gasteiger partial charge is 0.0210 e. The average Bonchev–Trinajstić information content (AvgIpc) is 2.31. The van der Waals surface area contributed by atoms with E-state index in [0.29, 0.717) is 6.04 Å². The standard InChI is InChI=1S/C14H30N2/c1-3-5-7-8-9-11-13-14(16-15)12-10-6-4-2/h4,14,16H,2-3,5-13,15H2,1H3. The number of nitrogens with two attached hydrogens (primary N) is 1. The van der Waals surface area contributed by atoms with Crippen LogP contribution in [0.15, 0.2) is 12.7 Å². The van der Waals surface area contributed by atoms with Crippen molar-refractivity contribution in [1.82, 2.24) is 5.43 Å². The molecule has 16 heavy (non-hydrogen) atoms. The van der Waals surface area contributed by atoms with Crippen LogP contribution in [0.25, 0.3) is 0 Å². The third kappa shape index (κ3) is 10.2. The Kier molecular flexibility index (Phi) is 12.5. The highest BCUT2D eigenvalue weighted by Crippen LogP contribution is 2.11. The van der Waals surface area contributed by atoms with Crippen molar-refractivity contribution in [1.29, 1.82) is 0 Å². The fraction of sp³-hybridized carbons (Fsp3) is 0.857. The van der Waals surface area contributed by atoms with Gasteiger partial charge in [-0.15, -0.1) is 6.58 Å². The summed E-state index contributed by atoms with van der Waals surface area (Å²) < 4.78 is 0. The van der Waals surface area contributed by atoms with Gasteiger partial charge >= 0.3 is 0 Å². The maximum Gasteiger partial charge on any atom is 0.0210 e. The lowest BCUT2D eigenvalue weighted by Gasteiger charge is -2.14. The first-order chi connectivity index (χ1) is 7.85. The van der Waals surface area contributed by atoms with E-state index in [9.17, 15) is 0 Å². The van der Waals surface area contributed by atoms with Crippen molar-refractivity contribution in [2.24, 2.45) is 5.84 Å². The summed E-state index contributed by atoms with van der Waals surface area (Å²) in [6.45, 7) is 5.99. The van der Waals surface area contributed by atoms with Crippen molar-refractivity contribution in [3.05, 3.63) is 12.7 Å². The van der Waals surface area contributed by atoms with Gasteiger partial charge in [0.15, 0.2) is 0 Å². The van der Waals surface area contributed by atoms with Gasteiger partial charge in [-0.05, 0) is 25.7 Å². The molecule has 1 atom stereocenters. The van der Waals surface area contributed by atoms with Crippen LogP contribution in [0, 0.1) is 0 Å². The fourth-order valence-electron chi connectivity index (χ4n) is 1.99. The predicted molar refractivity (Wildman–Crippen MR) is 73.2 cm³/mol. The zero-order valence-corrected chi connectivity index (χ0v) is 11.0. The number of allylic oxidation sites excluding steroid dienone is 1. The quantitative estimate of drug-likeness (QED) is 0.229. The van der Waals surface area contributed by atoms with Crippen LogP contribution in [0.2, 0.25) is 0 Å². The Labute approximate surface area is 102 Å². The SMILES string of the molecule is C=CCCCC(CCCCCCCC)NN. The Hall–Kier alpha value is -0.340. The van der Waals surface area contributed by atoms with Crippen LogP contribution >= 0.6 is 0 Å². The highest BCUT2D eigenvalue weighted by atomic mass is 15.2. The number of hydrazine groups is 1. The zero-order chi connectivity index (χ0) is 12.1. The molecule has 0 amide bonds. The van der Waals surface area contributed by atoms with Gasteiger partial charge in [0.25, 0.3) is 0 Å². The Balaban J connectivity index is 3.29. The molecule has 0 aromatic heterocycles. The third-order valence-corrected chi connectivity index (χ3v) is 3.10. The average molecular weight is 226 g/mol. The molecule has 0 saturated heterocycles. The van der Waals surface area contributed by atoms with Gasteiger partial charge in [0.2, 0.25) is 0 Å². The molecule has 0 aliphatic rings. The van der Waals surface area contributed by atoms with Crippen molar-refractivity contribution in [3.8, 4) is 0 Å². The van der Waals surface area contributed by atoms with E-state index in [1.807, 2.05) is 6.08 Å². The lowest BCUT2D eigenvalue weighted by molar-refractivity contribution is 0.430. The van der Waals surface area contributed by atoms with Crippen molar-refractivity contribution >= 4 is 0 Å². The number of rotatable bonds is 12. The highest BCUT2D eigenvalue weighted by molar-refractivity contribution is 4.70. The monoisotopic (exact) mass is 226 g/mol. The number of nitrogens with one attached hydrogen (secondary N) is 1. The Morgan fingerprint density at radius 1 is 1.06 bits per heavy atom. The minimum atomic E-state index is 0.506. The topological polar surface area (TPSA) is 38.0 Å². The van der Waals surface area contributed by atoms with Gasteiger partial charge in [-0.25, -0.2) is 0 Å². The summed E-state index contributed by atoms with van der Waals surface area (Å²) in [7, 11) is 0. The largest absolute Gasteiger partial charge is 0.271 e. The van der Waals surface area contributed by atoms with E-state index < -0.39 is 0 Å². The minimum absolute atomic E-state index is 0.506. The van der Waals surface area contributed by atoms with Crippen LogP contribution in [0.5, 0.6) is 0 Å². The highest BCUT2D eigenvalue weighted by Gasteiger charge is 2.04. The molecule has 96 valence electrons. The van der Waals surface area contributed by atoms with Crippen molar-refractivity contribution < 1.29 is 0 Å². The summed E-state index contributed by atoms with van der Waals surface area (Å²) in [6.07, 6.45) is 14.9. The molecule has 3 N–H and O–H groups in total. The summed E-state index contributed by atoms with van der Waals surface area (Å²) in [5.41, 5.74) is 2.93. The summed E-state index contributed by atoms with van der Waals surface area (Å²) in [5, 5.41) is 0. The van der Waals surface area contributed by atoms with Gasteiger partial charge in [-0.3, -0.25) is 11.3 Å². The molecule has 0 saturated carbocycles. The van der Waals surface area contributed by atoms with Crippen molar-refractivity contribution in [3.63, 3.8) is 0 Å². The molecule has 0 bridgehead atoms. The maximum atomic E-state index is 5.54. The minimum Gasteiger partial charge on any atom is -0.271 e. The van der Waals surface area contributed by atoms with E-state index in [1.54, 1.807) is 0 Å². The predicted octanol–water partition coefficient (Wildman–Crippen LogP) is 3.93. The third-order valence-electron chi connectivity index (χ3n) is 3.10. The maximum absolute atomic E-state index is 5.54. The fourth-order valence-corrected chi connectivity index (χ4v) is 1.99. The Morgan fingerprint density at radius 2 is 1.69 bits per heavy atom. The van der Waals surface area contributed by atoms with Crippen LogP contribution in [0.1, 0.15) is 71.1 Å². The summed E-state index contributed by atoms with van der Waals surface area (Å²) >= 11 is 0. The molecule has 2 nitrogen and oxygen atoms in total. The zero-order valence-electron chi connectivity index (χ0n) is 11.0. The van der Waals surface area contributed by atoms with E-state index in [1.165, 1.54) is 57.8 Å². The van der Waals surface area contributed by atoms with E-state index in [-0.39, 0.29) is 0 Å². The van der Waals surface area contributed by atoms with Gasteiger partial charge in [0.1, 0.15) is 0 Å². The molecule has 2 heteroatoms. The molecule has 0 rings (SSSR count). The lowest BCUT2D eigenvalue weighted by Crippen LogP contribution is -2.34. The van der Waals surface area contributed by atoms with Crippen LogP contribution in [-0.2, 0) is 0 Å². The normalized spacial score (nSPS) is 12.6. The van der Waals surface area contributed by atoms with Crippen molar-refractivity contribution in [2.75, 3.05) is 0 Å². The van der Waals surface area contributed by atoms with Gasteiger partial charge in [-0.1, -0.05) is 51.5 Å². The van der Waals surface area contributed by atoms with E-state index in [4.69, 9.17) is 5.84 Å². The molecule has 1 unspecified atom stereocenters. The molecular weight excluding hydrogens is 196 g/mol. The second kappa shape index (κ2) is 12.7. The molecule has 0 heterocycles. The van der Waals surface area contributed by atoms with Crippen molar-refractivity contribution in [2.45, 2.75) is 77.2 Å². The molecule has 0 radical (unpaired) electrons.